The van der Waals surface area contributed by atoms with Crippen molar-refractivity contribution in [1.29, 1.82) is 0 Å². The summed E-state index contributed by atoms with van der Waals surface area (Å²) in [5, 5.41) is 38.9. The molecule has 6 N–H and O–H groups in total. The molecule has 0 bridgehead atoms. The van der Waals surface area contributed by atoms with Crippen molar-refractivity contribution < 1.29 is 34.5 Å². The minimum Gasteiger partial charge on any atom is -0.504 e. The number of hydrogen-bond donors (Lipinski definition) is 5. The van der Waals surface area contributed by atoms with Crippen molar-refractivity contribution >= 4 is 74.8 Å². The SMILES string of the molecule is CC(C)ON=C(C(=O)N[C@@H]1C(=O)N2C(C(=O)O)=C(CSc3nc(-c4ccc(O)c(O)c4)cs3)CS[C@@H]12)c1csc(N)n1. The first kappa shape index (κ1) is 29.7. The lowest BCUT2D eigenvalue weighted by atomic mass is 10.0. The van der Waals surface area contributed by atoms with Crippen LogP contribution in [0.5, 0.6) is 11.5 Å². The Morgan fingerprint density at radius 2 is 2.02 bits per heavy atom. The number of benzene rings is 1. The van der Waals surface area contributed by atoms with Crippen LogP contribution in [0.3, 0.4) is 0 Å². The predicted octanol–water partition coefficient (Wildman–Crippen LogP) is 2.92. The van der Waals surface area contributed by atoms with Gasteiger partial charge in [-0.1, -0.05) is 16.9 Å². The molecular formula is C25H24N6O7S4. The minimum atomic E-state index is -1.24. The number of carboxylic acids is 1. The number of carboxylic acid groups (broad SMARTS) is 1. The first-order chi connectivity index (χ1) is 20.0. The van der Waals surface area contributed by atoms with E-state index in [2.05, 4.69) is 20.4 Å². The van der Waals surface area contributed by atoms with Crippen LogP contribution in [0.2, 0.25) is 0 Å². The van der Waals surface area contributed by atoms with Gasteiger partial charge in [-0.2, -0.15) is 0 Å². The number of phenols is 2. The number of nitrogens with two attached hydrogens (primary N) is 1. The number of anilines is 1. The highest BCUT2D eigenvalue weighted by Crippen LogP contribution is 2.42. The molecule has 2 aliphatic heterocycles. The summed E-state index contributed by atoms with van der Waals surface area (Å²) < 4.78 is 0.667. The summed E-state index contributed by atoms with van der Waals surface area (Å²) in [6.07, 6.45) is -0.310. The van der Waals surface area contributed by atoms with Gasteiger partial charge in [-0.05, 0) is 37.6 Å². The quantitative estimate of drug-likeness (QED) is 0.0709. The molecule has 0 radical (unpaired) electrons. The van der Waals surface area contributed by atoms with Crippen molar-refractivity contribution in [3.05, 3.63) is 45.9 Å². The Morgan fingerprint density at radius 3 is 2.69 bits per heavy atom. The average molecular weight is 649 g/mol. The van der Waals surface area contributed by atoms with E-state index in [1.54, 1.807) is 30.7 Å². The van der Waals surface area contributed by atoms with Crippen molar-refractivity contribution in [2.45, 2.75) is 35.7 Å². The van der Waals surface area contributed by atoms with Crippen LogP contribution < -0.4 is 11.1 Å². The Labute approximate surface area is 255 Å². The summed E-state index contributed by atoms with van der Waals surface area (Å²) in [6, 6.07) is 3.45. The third-order valence-corrected chi connectivity index (χ3v) is 10.1. The number of β-lactam (4-membered cyclic amide) rings is 1. The van der Waals surface area contributed by atoms with Crippen LogP contribution in [0.4, 0.5) is 5.13 Å². The van der Waals surface area contributed by atoms with E-state index in [-0.39, 0.29) is 45.6 Å². The fourth-order valence-corrected chi connectivity index (χ4v) is 7.92. The number of oxime groups is 1. The Hall–Kier alpha value is -3.80. The molecule has 13 nitrogen and oxygen atoms in total. The Kier molecular flexibility index (Phi) is 8.63. The van der Waals surface area contributed by atoms with E-state index >= 15 is 0 Å². The highest BCUT2D eigenvalue weighted by molar-refractivity contribution is 8.01. The van der Waals surface area contributed by atoms with Crippen molar-refractivity contribution in [2.75, 3.05) is 17.2 Å². The van der Waals surface area contributed by atoms with E-state index in [1.807, 2.05) is 0 Å². The number of thiazole rings is 2. The number of thioether (sulfide) groups is 2. The monoisotopic (exact) mass is 648 g/mol. The van der Waals surface area contributed by atoms with Crippen LogP contribution in [0.15, 0.2) is 49.7 Å². The van der Waals surface area contributed by atoms with Gasteiger partial charge in [0.2, 0.25) is 0 Å². The molecular weight excluding hydrogens is 625 g/mol. The first-order valence-corrected chi connectivity index (χ1v) is 16.1. The second-order valence-electron chi connectivity index (χ2n) is 9.27. The molecule has 2 atom stereocenters. The molecule has 2 aromatic heterocycles. The molecule has 0 unspecified atom stereocenters. The molecule has 5 rings (SSSR count). The maximum Gasteiger partial charge on any atom is 0.352 e. The lowest BCUT2D eigenvalue weighted by Crippen LogP contribution is -2.71. The number of hydrogen-bond acceptors (Lipinski definition) is 14. The Morgan fingerprint density at radius 1 is 1.24 bits per heavy atom. The topological polar surface area (TPSA) is 201 Å². The third-order valence-electron chi connectivity index (χ3n) is 6.00. The van der Waals surface area contributed by atoms with Gasteiger partial charge < -0.3 is 31.2 Å². The number of aromatic hydroxyl groups is 2. The minimum absolute atomic E-state index is 0.105. The van der Waals surface area contributed by atoms with E-state index < -0.39 is 29.2 Å². The second kappa shape index (κ2) is 12.2. The van der Waals surface area contributed by atoms with Gasteiger partial charge in [-0.15, -0.1) is 34.4 Å². The number of nitrogen functional groups attached to an aromatic ring is 1. The molecule has 0 spiro atoms. The second-order valence-corrected chi connectivity index (χ2v) is 13.3. The third kappa shape index (κ3) is 6.04. The normalized spacial score (nSPS) is 18.6. The van der Waals surface area contributed by atoms with E-state index in [1.165, 1.54) is 51.9 Å². The molecule has 1 saturated heterocycles. The number of fused-ring (bicyclic) bond motifs is 1. The van der Waals surface area contributed by atoms with Crippen LogP contribution in [0.25, 0.3) is 11.3 Å². The summed E-state index contributed by atoms with van der Waals surface area (Å²) in [7, 11) is 0. The number of carbonyl (C=O) groups excluding carboxylic acids is 2. The predicted molar refractivity (Wildman–Crippen MR) is 161 cm³/mol. The van der Waals surface area contributed by atoms with Gasteiger partial charge in [0.15, 0.2) is 26.7 Å². The Bertz CT molecular complexity index is 1620. The van der Waals surface area contributed by atoms with Gasteiger partial charge in [0.05, 0.1) is 5.69 Å². The number of aliphatic carboxylic acids is 1. The molecule has 1 fully saturated rings. The summed E-state index contributed by atoms with van der Waals surface area (Å²) in [5.74, 6) is -2.35. The molecule has 2 aliphatic rings. The zero-order valence-corrected chi connectivity index (χ0v) is 25.3. The molecule has 220 valence electrons. The van der Waals surface area contributed by atoms with Crippen LogP contribution in [0.1, 0.15) is 19.5 Å². The van der Waals surface area contributed by atoms with Crippen molar-refractivity contribution in [3.8, 4) is 22.8 Å². The van der Waals surface area contributed by atoms with Gasteiger partial charge in [0.1, 0.15) is 28.9 Å². The lowest BCUT2D eigenvalue weighted by Gasteiger charge is -2.49. The van der Waals surface area contributed by atoms with E-state index in [0.29, 0.717) is 26.9 Å². The van der Waals surface area contributed by atoms with Gasteiger partial charge in [0, 0.05) is 27.8 Å². The number of amides is 2. The number of nitrogens with one attached hydrogen (secondary N) is 1. The smallest absolute Gasteiger partial charge is 0.352 e. The van der Waals surface area contributed by atoms with E-state index in [9.17, 15) is 29.7 Å². The maximum absolute atomic E-state index is 13.1. The van der Waals surface area contributed by atoms with E-state index in [0.717, 1.165) is 11.3 Å². The van der Waals surface area contributed by atoms with Gasteiger partial charge in [-0.3, -0.25) is 14.5 Å². The molecule has 0 aliphatic carbocycles. The largest absolute Gasteiger partial charge is 0.504 e. The number of nitrogens with zero attached hydrogens (tertiary/aromatic N) is 4. The zero-order chi connectivity index (χ0) is 30.1. The molecule has 1 aromatic carbocycles. The van der Waals surface area contributed by atoms with E-state index in [4.69, 9.17) is 10.6 Å². The van der Waals surface area contributed by atoms with Gasteiger partial charge in [0.25, 0.3) is 11.8 Å². The molecule has 17 heteroatoms. The number of phenolic OH excluding ortho intramolecular Hbond substituents is 2. The zero-order valence-electron chi connectivity index (χ0n) is 22.0. The molecule has 2 amide bonds. The van der Waals surface area contributed by atoms with Crippen LogP contribution in [0, 0.1) is 0 Å². The molecule has 3 aromatic rings. The summed E-state index contributed by atoms with van der Waals surface area (Å²) >= 11 is 5.16. The molecule has 4 heterocycles. The van der Waals surface area contributed by atoms with Crippen LogP contribution in [-0.4, -0.2) is 82.7 Å². The lowest BCUT2D eigenvalue weighted by molar-refractivity contribution is -0.150. The maximum atomic E-state index is 13.1. The average Bonchev–Trinajstić information content (AvgIpc) is 3.60. The fraction of sp³-hybridized carbons (Fsp3) is 0.280. The summed E-state index contributed by atoms with van der Waals surface area (Å²) in [6.45, 7) is 3.48. The van der Waals surface area contributed by atoms with Crippen molar-refractivity contribution in [2.24, 2.45) is 5.16 Å². The first-order valence-electron chi connectivity index (χ1n) is 12.3. The number of aromatic nitrogens is 2. The number of rotatable bonds is 10. The van der Waals surface area contributed by atoms with Crippen LogP contribution >= 0.6 is 46.2 Å². The Balaban J connectivity index is 1.28. The van der Waals surface area contributed by atoms with Gasteiger partial charge >= 0.3 is 5.97 Å². The fourth-order valence-electron chi connectivity index (χ4n) is 4.05. The summed E-state index contributed by atoms with van der Waals surface area (Å²) in [5.41, 5.74) is 7.44. The van der Waals surface area contributed by atoms with Gasteiger partial charge in [-0.25, -0.2) is 14.8 Å². The highest BCUT2D eigenvalue weighted by atomic mass is 32.2. The molecule has 42 heavy (non-hydrogen) atoms. The number of carbonyl (C=O) groups is 3. The van der Waals surface area contributed by atoms with Crippen LogP contribution in [-0.2, 0) is 19.2 Å². The molecule has 0 saturated carbocycles. The highest BCUT2D eigenvalue weighted by Gasteiger charge is 2.54. The summed E-state index contributed by atoms with van der Waals surface area (Å²) in [4.78, 5) is 53.6. The van der Waals surface area contributed by atoms with Crippen molar-refractivity contribution in [1.82, 2.24) is 20.2 Å². The van der Waals surface area contributed by atoms with Crippen molar-refractivity contribution in [3.63, 3.8) is 0 Å². The standard InChI is InChI=1S/C25H24N6O7S4/c1-10(2)38-30-17(14-9-40-24(26)27-14)20(34)29-18-21(35)31-19(23(36)37)12(6-39-22(18)31)7-41-25-28-13(8-42-25)11-3-4-15(32)16(33)5-11/h3-5,8-10,18,22,32-33H,6-7H2,1-2H3,(H2,26,27)(H,29,34)(H,36,37)/t18-,22+/m1/s1.